The molecular formula is C21H25N3O4S. The van der Waals surface area contributed by atoms with E-state index in [2.05, 4.69) is 10.0 Å². The number of aryl methyl sites for hydroxylation is 1. The predicted molar refractivity (Wildman–Crippen MR) is 111 cm³/mol. The Kier molecular flexibility index (Phi) is 6.66. The molecule has 2 aromatic carbocycles. The largest absolute Gasteiger partial charge is 0.352 e. The number of fused-ring (bicyclic) bond motifs is 1. The fourth-order valence-electron chi connectivity index (χ4n) is 3.33. The Hall–Kier alpha value is -2.71. The monoisotopic (exact) mass is 415 g/mol. The minimum absolute atomic E-state index is 0.0135. The normalized spacial score (nSPS) is 13.6. The van der Waals surface area contributed by atoms with Gasteiger partial charge in [0.2, 0.25) is 21.8 Å². The fraction of sp³-hybridized carbons (Fsp3) is 0.333. The summed E-state index contributed by atoms with van der Waals surface area (Å²) in [5, 5.41) is 2.77. The molecular weight excluding hydrogens is 390 g/mol. The molecule has 29 heavy (non-hydrogen) atoms. The summed E-state index contributed by atoms with van der Waals surface area (Å²) in [7, 11) is -3.73. The smallest absolute Gasteiger partial charge is 0.240 e. The Morgan fingerprint density at radius 1 is 1.10 bits per heavy atom. The Morgan fingerprint density at radius 2 is 1.86 bits per heavy atom. The molecule has 1 aliphatic heterocycles. The third-order valence-electron chi connectivity index (χ3n) is 4.84. The number of carbonyl (C=O) groups is 2. The lowest BCUT2D eigenvalue weighted by Gasteiger charge is -2.28. The molecule has 0 atom stereocenters. The molecule has 0 saturated carbocycles. The highest BCUT2D eigenvalue weighted by atomic mass is 32.2. The molecule has 7 nitrogen and oxygen atoms in total. The van der Waals surface area contributed by atoms with E-state index in [-0.39, 0.29) is 29.7 Å². The zero-order valence-electron chi connectivity index (χ0n) is 16.3. The van der Waals surface area contributed by atoms with Crippen LogP contribution >= 0.6 is 0 Å². The van der Waals surface area contributed by atoms with Gasteiger partial charge in [-0.25, -0.2) is 13.1 Å². The number of anilines is 1. The van der Waals surface area contributed by atoms with Crippen LogP contribution in [0.3, 0.4) is 0 Å². The molecule has 1 aliphatic rings. The lowest BCUT2D eigenvalue weighted by molar-refractivity contribution is -0.121. The van der Waals surface area contributed by atoms with Crippen LogP contribution in [0.4, 0.5) is 5.69 Å². The van der Waals surface area contributed by atoms with Gasteiger partial charge < -0.3 is 10.2 Å². The van der Waals surface area contributed by atoms with Crippen molar-refractivity contribution in [3.63, 3.8) is 0 Å². The van der Waals surface area contributed by atoms with Crippen molar-refractivity contribution in [2.45, 2.75) is 37.6 Å². The number of benzene rings is 2. The maximum atomic E-state index is 12.6. The van der Waals surface area contributed by atoms with Crippen LogP contribution in [-0.2, 0) is 32.6 Å². The van der Waals surface area contributed by atoms with E-state index in [1.54, 1.807) is 17.0 Å². The molecule has 0 aromatic heterocycles. The van der Waals surface area contributed by atoms with Gasteiger partial charge in [-0.2, -0.15) is 0 Å². The first-order chi connectivity index (χ1) is 13.9. The average molecular weight is 416 g/mol. The summed E-state index contributed by atoms with van der Waals surface area (Å²) in [6, 6.07) is 14.3. The molecule has 154 valence electrons. The van der Waals surface area contributed by atoms with Gasteiger partial charge in [-0.15, -0.1) is 0 Å². The van der Waals surface area contributed by atoms with Crippen molar-refractivity contribution in [1.29, 1.82) is 0 Å². The van der Waals surface area contributed by atoms with E-state index < -0.39 is 10.0 Å². The van der Waals surface area contributed by atoms with E-state index in [1.807, 2.05) is 30.3 Å². The molecule has 0 radical (unpaired) electrons. The number of sulfonamides is 1. The molecule has 2 amide bonds. The second kappa shape index (κ2) is 9.19. The van der Waals surface area contributed by atoms with Crippen LogP contribution in [0.25, 0.3) is 0 Å². The lowest BCUT2D eigenvalue weighted by Crippen LogP contribution is -2.34. The number of rotatable bonds is 7. The van der Waals surface area contributed by atoms with Crippen LogP contribution in [0, 0.1) is 0 Å². The number of carbonyl (C=O) groups excluding carboxylic acids is 2. The first-order valence-corrected chi connectivity index (χ1v) is 11.1. The fourth-order valence-corrected chi connectivity index (χ4v) is 4.42. The molecule has 0 bridgehead atoms. The van der Waals surface area contributed by atoms with E-state index in [1.165, 1.54) is 13.0 Å². The van der Waals surface area contributed by atoms with Gasteiger partial charge in [0.1, 0.15) is 0 Å². The van der Waals surface area contributed by atoms with Crippen LogP contribution in [-0.4, -0.2) is 33.3 Å². The summed E-state index contributed by atoms with van der Waals surface area (Å²) in [5.41, 5.74) is 2.59. The molecule has 0 fully saturated rings. The summed E-state index contributed by atoms with van der Waals surface area (Å²) in [6.45, 7) is 2.57. The number of hydrogen-bond acceptors (Lipinski definition) is 4. The van der Waals surface area contributed by atoms with Gasteiger partial charge in [0, 0.05) is 38.7 Å². The second-order valence-corrected chi connectivity index (χ2v) is 8.74. The van der Waals surface area contributed by atoms with Crippen molar-refractivity contribution in [3.8, 4) is 0 Å². The maximum absolute atomic E-state index is 12.6. The highest BCUT2D eigenvalue weighted by Crippen LogP contribution is 2.29. The van der Waals surface area contributed by atoms with Gasteiger partial charge in [-0.05, 0) is 42.2 Å². The Bertz CT molecular complexity index is 990. The zero-order valence-corrected chi connectivity index (χ0v) is 17.2. The Labute approximate surface area is 171 Å². The van der Waals surface area contributed by atoms with Gasteiger partial charge in [-0.3, -0.25) is 9.59 Å². The van der Waals surface area contributed by atoms with E-state index >= 15 is 0 Å². The SMILES string of the molecule is CC(=O)N1CCCc2cc(S(=O)(=O)NCCC(=O)NCc3ccccc3)ccc21. The topological polar surface area (TPSA) is 95.6 Å². The molecule has 1 heterocycles. The predicted octanol–water partition coefficient (Wildman–Crippen LogP) is 1.97. The maximum Gasteiger partial charge on any atom is 0.240 e. The number of nitrogens with one attached hydrogen (secondary N) is 2. The van der Waals surface area contributed by atoms with E-state index in [9.17, 15) is 18.0 Å². The summed E-state index contributed by atoms with van der Waals surface area (Å²) >= 11 is 0. The van der Waals surface area contributed by atoms with E-state index in [4.69, 9.17) is 0 Å². The highest BCUT2D eigenvalue weighted by Gasteiger charge is 2.23. The van der Waals surface area contributed by atoms with E-state index in [0.29, 0.717) is 13.1 Å². The number of nitrogens with zero attached hydrogens (tertiary/aromatic N) is 1. The van der Waals surface area contributed by atoms with E-state index in [0.717, 1.165) is 29.7 Å². The number of hydrogen-bond donors (Lipinski definition) is 2. The molecule has 2 aromatic rings. The minimum Gasteiger partial charge on any atom is -0.352 e. The number of amides is 2. The van der Waals surface area contributed by atoms with Crippen LogP contribution < -0.4 is 14.9 Å². The lowest BCUT2D eigenvalue weighted by atomic mass is 10.0. The molecule has 0 spiro atoms. The first kappa shape index (κ1) is 21.0. The summed E-state index contributed by atoms with van der Waals surface area (Å²) in [6.07, 6.45) is 1.57. The second-order valence-electron chi connectivity index (χ2n) is 6.97. The van der Waals surface area contributed by atoms with Gasteiger partial charge in [0.05, 0.1) is 4.90 Å². The van der Waals surface area contributed by atoms with Crippen molar-refractivity contribution >= 4 is 27.5 Å². The Balaban J connectivity index is 1.56. The highest BCUT2D eigenvalue weighted by molar-refractivity contribution is 7.89. The molecule has 2 N–H and O–H groups in total. The average Bonchev–Trinajstić information content (AvgIpc) is 2.72. The standard InChI is InChI=1S/C21H25N3O4S/c1-16(25)24-13-5-8-18-14-19(9-10-20(18)24)29(27,28)23-12-11-21(26)22-15-17-6-3-2-4-7-17/h2-4,6-7,9-10,14,23H,5,8,11-13,15H2,1H3,(H,22,26). The van der Waals surface area contributed by atoms with Crippen LogP contribution in [0.1, 0.15) is 30.9 Å². The van der Waals surface area contributed by atoms with Gasteiger partial charge >= 0.3 is 0 Å². The third-order valence-corrected chi connectivity index (χ3v) is 6.30. The molecule has 0 saturated heterocycles. The Morgan fingerprint density at radius 3 is 2.59 bits per heavy atom. The van der Waals surface area contributed by atoms with Gasteiger partial charge in [0.15, 0.2) is 0 Å². The van der Waals surface area contributed by atoms with Crippen LogP contribution in [0.5, 0.6) is 0 Å². The molecule has 3 rings (SSSR count). The zero-order chi connectivity index (χ0) is 20.9. The molecule has 0 aliphatic carbocycles. The van der Waals surface area contributed by atoms with Crippen LogP contribution in [0.2, 0.25) is 0 Å². The first-order valence-electron chi connectivity index (χ1n) is 9.58. The summed E-state index contributed by atoms with van der Waals surface area (Å²) in [5.74, 6) is -0.278. The van der Waals surface area contributed by atoms with Crippen molar-refractivity contribution in [2.75, 3.05) is 18.0 Å². The summed E-state index contributed by atoms with van der Waals surface area (Å²) in [4.78, 5) is 25.5. The quantitative estimate of drug-likeness (QED) is 0.723. The van der Waals surface area contributed by atoms with Gasteiger partial charge in [0.25, 0.3) is 0 Å². The van der Waals surface area contributed by atoms with Crippen molar-refractivity contribution in [2.24, 2.45) is 0 Å². The summed E-state index contributed by atoms with van der Waals surface area (Å²) < 4.78 is 27.6. The van der Waals surface area contributed by atoms with Crippen molar-refractivity contribution in [1.82, 2.24) is 10.0 Å². The minimum atomic E-state index is -3.73. The van der Waals surface area contributed by atoms with Gasteiger partial charge in [-0.1, -0.05) is 30.3 Å². The van der Waals surface area contributed by atoms with Crippen molar-refractivity contribution in [3.05, 3.63) is 59.7 Å². The molecule has 8 heteroatoms. The van der Waals surface area contributed by atoms with Crippen molar-refractivity contribution < 1.29 is 18.0 Å². The third kappa shape index (κ3) is 5.42. The van der Waals surface area contributed by atoms with Crippen LogP contribution in [0.15, 0.2) is 53.4 Å². The molecule has 0 unspecified atom stereocenters.